The second-order valence-electron chi connectivity index (χ2n) is 4.33. The van der Waals surface area contributed by atoms with Crippen LogP contribution in [0.3, 0.4) is 0 Å². The molecule has 0 fully saturated rings. The Balaban J connectivity index is 2.21. The molecule has 0 saturated heterocycles. The summed E-state index contributed by atoms with van der Waals surface area (Å²) in [5.41, 5.74) is 0. The molecule has 0 aromatic carbocycles. The first-order valence-electron chi connectivity index (χ1n) is 5.97. The Kier molecular flexibility index (Phi) is 5.62. The van der Waals surface area contributed by atoms with E-state index in [0.717, 1.165) is 12.4 Å². The summed E-state index contributed by atoms with van der Waals surface area (Å²) < 4.78 is 1.94. The van der Waals surface area contributed by atoms with E-state index in [0.29, 0.717) is 25.6 Å². The predicted molar refractivity (Wildman–Crippen MR) is 65.3 cm³/mol. The molecule has 0 aliphatic rings. The number of rotatable bonds is 7. The van der Waals surface area contributed by atoms with Crippen molar-refractivity contribution in [3.63, 3.8) is 0 Å². The van der Waals surface area contributed by atoms with Gasteiger partial charge in [-0.05, 0) is 12.8 Å². The van der Waals surface area contributed by atoms with E-state index in [2.05, 4.69) is 34.7 Å². The standard InChI is InChI=1S/C11H21N5O/c1-4-16-8-14-15-10(16)6-12-7-11(17)13-5-9(2)3/h8-9,12H,4-7H2,1-3H3,(H,13,17). The molecule has 0 saturated carbocycles. The van der Waals surface area contributed by atoms with Gasteiger partial charge in [-0.1, -0.05) is 13.8 Å². The van der Waals surface area contributed by atoms with Crippen LogP contribution in [0.5, 0.6) is 0 Å². The number of aromatic nitrogens is 3. The molecule has 1 aromatic heterocycles. The molecule has 1 aromatic rings. The predicted octanol–water partition coefficient (Wildman–Crippen LogP) is 0.160. The van der Waals surface area contributed by atoms with Crippen LogP contribution in [0.15, 0.2) is 6.33 Å². The van der Waals surface area contributed by atoms with Crippen LogP contribution < -0.4 is 10.6 Å². The van der Waals surface area contributed by atoms with E-state index in [1.165, 1.54) is 0 Å². The van der Waals surface area contributed by atoms with E-state index in [9.17, 15) is 4.79 Å². The van der Waals surface area contributed by atoms with Crippen LogP contribution in [0.25, 0.3) is 0 Å². The molecule has 6 nitrogen and oxygen atoms in total. The highest BCUT2D eigenvalue weighted by Gasteiger charge is 2.04. The maximum Gasteiger partial charge on any atom is 0.233 e. The van der Waals surface area contributed by atoms with E-state index in [4.69, 9.17) is 0 Å². The lowest BCUT2D eigenvalue weighted by Crippen LogP contribution is -2.35. The SMILES string of the molecule is CCn1cnnc1CNCC(=O)NCC(C)C. The first kappa shape index (κ1) is 13.6. The van der Waals surface area contributed by atoms with Gasteiger partial charge in [-0.3, -0.25) is 4.79 Å². The zero-order valence-electron chi connectivity index (χ0n) is 10.7. The summed E-state index contributed by atoms with van der Waals surface area (Å²) in [6, 6.07) is 0. The molecule has 0 aliphatic heterocycles. The van der Waals surface area contributed by atoms with Crippen molar-refractivity contribution in [3.8, 4) is 0 Å². The van der Waals surface area contributed by atoms with Gasteiger partial charge in [0.1, 0.15) is 12.2 Å². The summed E-state index contributed by atoms with van der Waals surface area (Å²) in [5, 5.41) is 13.7. The van der Waals surface area contributed by atoms with Crippen molar-refractivity contribution in [2.45, 2.75) is 33.9 Å². The number of carbonyl (C=O) groups is 1. The number of hydrogen-bond acceptors (Lipinski definition) is 4. The third kappa shape index (κ3) is 4.95. The average Bonchev–Trinajstić information content (AvgIpc) is 2.74. The fourth-order valence-corrected chi connectivity index (χ4v) is 1.35. The maximum atomic E-state index is 11.4. The van der Waals surface area contributed by atoms with Crippen molar-refractivity contribution in [2.24, 2.45) is 5.92 Å². The molecule has 1 rings (SSSR count). The van der Waals surface area contributed by atoms with Gasteiger partial charge in [-0.25, -0.2) is 0 Å². The van der Waals surface area contributed by atoms with E-state index >= 15 is 0 Å². The topological polar surface area (TPSA) is 71.8 Å². The maximum absolute atomic E-state index is 11.4. The first-order chi connectivity index (χ1) is 8.13. The number of nitrogens with one attached hydrogen (secondary N) is 2. The monoisotopic (exact) mass is 239 g/mol. The van der Waals surface area contributed by atoms with Crippen LogP contribution in [-0.2, 0) is 17.9 Å². The number of carbonyl (C=O) groups excluding carboxylic acids is 1. The molecule has 17 heavy (non-hydrogen) atoms. The Bertz CT molecular complexity index is 347. The molecular weight excluding hydrogens is 218 g/mol. The summed E-state index contributed by atoms with van der Waals surface area (Å²) in [5.74, 6) is 1.34. The molecule has 96 valence electrons. The normalized spacial score (nSPS) is 10.8. The van der Waals surface area contributed by atoms with Crippen LogP contribution in [-0.4, -0.2) is 33.8 Å². The van der Waals surface area contributed by atoms with Crippen molar-refractivity contribution in [2.75, 3.05) is 13.1 Å². The molecule has 0 aliphatic carbocycles. The van der Waals surface area contributed by atoms with Crippen molar-refractivity contribution in [3.05, 3.63) is 12.2 Å². The average molecular weight is 239 g/mol. The van der Waals surface area contributed by atoms with E-state index in [1.807, 2.05) is 11.5 Å². The van der Waals surface area contributed by atoms with Crippen LogP contribution in [0.4, 0.5) is 0 Å². The van der Waals surface area contributed by atoms with Gasteiger partial charge < -0.3 is 15.2 Å². The van der Waals surface area contributed by atoms with Crippen molar-refractivity contribution < 1.29 is 4.79 Å². The summed E-state index contributed by atoms with van der Waals surface area (Å²) in [6.07, 6.45) is 1.69. The first-order valence-corrected chi connectivity index (χ1v) is 5.97. The summed E-state index contributed by atoms with van der Waals surface area (Å²) in [6.45, 7) is 8.58. The summed E-state index contributed by atoms with van der Waals surface area (Å²) in [4.78, 5) is 11.4. The van der Waals surface area contributed by atoms with Gasteiger partial charge in [0.15, 0.2) is 0 Å². The quantitative estimate of drug-likeness (QED) is 0.711. The molecule has 0 spiro atoms. The molecule has 2 N–H and O–H groups in total. The Hall–Kier alpha value is -1.43. The van der Waals surface area contributed by atoms with Crippen LogP contribution >= 0.6 is 0 Å². The Labute approximate surface area is 102 Å². The zero-order chi connectivity index (χ0) is 12.7. The minimum Gasteiger partial charge on any atom is -0.355 e. The minimum atomic E-state index is 0.0151. The minimum absolute atomic E-state index is 0.0151. The Morgan fingerprint density at radius 3 is 2.94 bits per heavy atom. The molecule has 0 unspecified atom stereocenters. The lowest BCUT2D eigenvalue weighted by Gasteiger charge is -2.08. The smallest absolute Gasteiger partial charge is 0.233 e. The lowest BCUT2D eigenvalue weighted by atomic mass is 10.2. The Morgan fingerprint density at radius 2 is 2.29 bits per heavy atom. The molecule has 0 atom stereocenters. The van der Waals surface area contributed by atoms with Crippen LogP contribution in [0.2, 0.25) is 0 Å². The van der Waals surface area contributed by atoms with E-state index in [-0.39, 0.29) is 5.91 Å². The van der Waals surface area contributed by atoms with Crippen LogP contribution in [0.1, 0.15) is 26.6 Å². The molecule has 0 bridgehead atoms. The van der Waals surface area contributed by atoms with Gasteiger partial charge in [-0.2, -0.15) is 0 Å². The third-order valence-corrected chi connectivity index (χ3v) is 2.31. The number of amides is 1. The van der Waals surface area contributed by atoms with Gasteiger partial charge in [0.25, 0.3) is 0 Å². The number of aryl methyl sites for hydroxylation is 1. The number of nitrogens with zero attached hydrogens (tertiary/aromatic N) is 3. The zero-order valence-corrected chi connectivity index (χ0v) is 10.7. The van der Waals surface area contributed by atoms with Crippen molar-refractivity contribution in [1.82, 2.24) is 25.4 Å². The fraction of sp³-hybridized carbons (Fsp3) is 0.727. The highest BCUT2D eigenvalue weighted by molar-refractivity contribution is 5.77. The van der Waals surface area contributed by atoms with Crippen LogP contribution in [0, 0.1) is 5.92 Å². The second-order valence-corrected chi connectivity index (χ2v) is 4.33. The number of hydrogen-bond donors (Lipinski definition) is 2. The van der Waals surface area contributed by atoms with Crippen molar-refractivity contribution in [1.29, 1.82) is 0 Å². The Morgan fingerprint density at radius 1 is 1.53 bits per heavy atom. The summed E-state index contributed by atoms with van der Waals surface area (Å²) in [7, 11) is 0. The van der Waals surface area contributed by atoms with Gasteiger partial charge in [-0.15, -0.1) is 10.2 Å². The highest BCUT2D eigenvalue weighted by atomic mass is 16.1. The molecule has 0 radical (unpaired) electrons. The van der Waals surface area contributed by atoms with Gasteiger partial charge in [0, 0.05) is 13.1 Å². The molecular formula is C11H21N5O. The second kappa shape index (κ2) is 7.01. The van der Waals surface area contributed by atoms with Gasteiger partial charge in [0.2, 0.25) is 5.91 Å². The highest BCUT2D eigenvalue weighted by Crippen LogP contribution is 1.93. The third-order valence-electron chi connectivity index (χ3n) is 2.31. The van der Waals surface area contributed by atoms with E-state index in [1.54, 1.807) is 6.33 Å². The van der Waals surface area contributed by atoms with E-state index < -0.39 is 0 Å². The van der Waals surface area contributed by atoms with Gasteiger partial charge >= 0.3 is 0 Å². The molecule has 1 heterocycles. The largest absolute Gasteiger partial charge is 0.355 e. The molecule has 6 heteroatoms. The summed E-state index contributed by atoms with van der Waals surface area (Å²) >= 11 is 0. The van der Waals surface area contributed by atoms with Crippen molar-refractivity contribution >= 4 is 5.91 Å². The van der Waals surface area contributed by atoms with Gasteiger partial charge in [0.05, 0.1) is 13.1 Å². The molecule has 1 amide bonds. The lowest BCUT2D eigenvalue weighted by molar-refractivity contribution is -0.120. The fourth-order valence-electron chi connectivity index (χ4n) is 1.35.